The first-order chi connectivity index (χ1) is 5.91. The topological polar surface area (TPSA) is 57.6 Å². The summed E-state index contributed by atoms with van der Waals surface area (Å²) in [6.07, 6.45) is 0.578. The molecule has 0 aliphatic carbocycles. The highest BCUT2D eigenvalue weighted by Crippen LogP contribution is 2.29. The van der Waals surface area contributed by atoms with Crippen molar-refractivity contribution in [2.75, 3.05) is 13.1 Å². The molecule has 1 heterocycles. The molecule has 1 aliphatic heterocycles. The first kappa shape index (κ1) is 10.0. The lowest BCUT2D eigenvalue weighted by Crippen LogP contribution is -2.28. The minimum absolute atomic E-state index is 0.00951. The average molecular weight is 185 g/mol. The van der Waals surface area contributed by atoms with Crippen LogP contribution in [0.3, 0.4) is 0 Å². The van der Waals surface area contributed by atoms with Crippen molar-refractivity contribution in [1.82, 2.24) is 4.90 Å². The van der Waals surface area contributed by atoms with Crippen molar-refractivity contribution in [2.24, 2.45) is 5.41 Å². The predicted molar refractivity (Wildman–Crippen MR) is 47.2 cm³/mol. The van der Waals surface area contributed by atoms with Crippen LogP contribution < -0.4 is 0 Å². The van der Waals surface area contributed by atoms with E-state index in [0.29, 0.717) is 19.5 Å². The maximum atomic E-state index is 11.3. The summed E-state index contributed by atoms with van der Waals surface area (Å²) in [5.41, 5.74) is 0.00951. The lowest BCUT2D eigenvalue weighted by molar-refractivity contribution is -0.137. The fourth-order valence-corrected chi connectivity index (χ4v) is 1.62. The molecule has 1 rings (SSSR count). The zero-order valence-corrected chi connectivity index (χ0v) is 8.04. The summed E-state index contributed by atoms with van der Waals surface area (Å²) in [6, 6.07) is 0. The van der Waals surface area contributed by atoms with Crippen LogP contribution in [0.4, 0.5) is 0 Å². The van der Waals surface area contributed by atoms with E-state index in [9.17, 15) is 9.59 Å². The number of carbonyl (C=O) groups excluding carboxylic acids is 1. The predicted octanol–water partition coefficient (Wildman–Crippen LogP) is 0.720. The average Bonchev–Trinajstić information content (AvgIpc) is 2.20. The van der Waals surface area contributed by atoms with Gasteiger partial charge in [-0.25, -0.2) is 0 Å². The molecule has 0 radical (unpaired) electrons. The number of nitrogens with zero attached hydrogens (tertiary/aromatic N) is 1. The van der Waals surface area contributed by atoms with E-state index >= 15 is 0 Å². The van der Waals surface area contributed by atoms with Crippen molar-refractivity contribution in [3.05, 3.63) is 0 Å². The van der Waals surface area contributed by atoms with E-state index in [1.54, 1.807) is 4.90 Å². The Bertz CT molecular complexity index is 235. The van der Waals surface area contributed by atoms with Gasteiger partial charge in [-0.05, 0) is 5.41 Å². The molecule has 4 heteroatoms. The minimum Gasteiger partial charge on any atom is -0.481 e. The lowest BCUT2D eigenvalue weighted by atomic mass is 9.93. The molecule has 1 fully saturated rings. The highest BCUT2D eigenvalue weighted by molar-refractivity contribution is 5.79. The van der Waals surface area contributed by atoms with E-state index in [1.807, 2.05) is 13.8 Å². The Balaban J connectivity index is 2.44. The summed E-state index contributed by atoms with van der Waals surface area (Å²) in [4.78, 5) is 23.3. The summed E-state index contributed by atoms with van der Waals surface area (Å²) in [6.45, 7) is 5.06. The number of carboxylic acid groups (broad SMARTS) is 1. The van der Waals surface area contributed by atoms with Gasteiger partial charge in [0, 0.05) is 19.5 Å². The van der Waals surface area contributed by atoms with Crippen molar-refractivity contribution in [2.45, 2.75) is 26.7 Å². The van der Waals surface area contributed by atoms with E-state index < -0.39 is 5.97 Å². The van der Waals surface area contributed by atoms with Crippen LogP contribution in [0.2, 0.25) is 0 Å². The van der Waals surface area contributed by atoms with Gasteiger partial charge in [0.2, 0.25) is 5.91 Å². The van der Waals surface area contributed by atoms with Crippen LogP contribution in [0, 0.1) is 5.41 Å². The Morgan fingerprint density at radius 1 is 1.62 bits per heavy atom. The Morgan fingerprint density at radius 3 is 2.62 bits per heavy atom. The second kappa shape index (κ2) is 3.36. The van der Waals surface area contributed by atoms with E-state index in [1.165, 1.54) is 0 Å². The molecule has 13 heavy (non-hydrogen) atoms. The zero-order chi connectivity index (χ0) is 10.1. The van der Waals surface area contributed by atoms with Gasteiger partial charge in [0.1, 0.15) is 0 Å². The number of carbonyl (C=O) groups is 2. The van der Waals surface area contributed by atoms with Crippen LogP contribution in [0.5, 0.6) is 0 Å². The molecule has 1 saturated heterocycles. The van der Waals surface area contributed by atoms with Crippen molar-refractivity contribution in [1.29, 1.82) is 0 Å². The second-order valence-electron chi connectivity index (χ2n) is 4.30. The fraction of sp³-hybridized carbons (Fsp3) is 0.778. The van der Waals surface area contributed by atoms with Crippen molar-refractivity contribution >= 4 is 11.9 Å². The van der Waals surface area contributed by atoms with Crippen LogP contribution in [0.15, 0.2) is 0 Å². The van der Waals surface area contributed by atoms with Crippen molar-refractivity contribution in [3.63, 3.8) is 0 Å². The van der Waals surface area contributed by atoms with E-state index in [0.717, 1.165) is 0 Å². The van der Waals surface area contributed by atoms with E-state index in [2.05, 4.69) is 0 Å². The van der Waals surface area contributed by atoms with Gasteiger partial charge < -0.3 is 10.0 Å². The molecule has 0 unspecified atom stereocenters. The molecule has 0 saturated carbocycles. The lowest BCUT2D eigenvalue weighted by Gasteiger charge is -2.18. The summed E-state index contributed by atoms with van der Waals surface area (Å²) in [7, 11) is 0. The smallest absolute Gasteiger partial charge is 0.305 e. The second-order valence-corrected chi connectivity index (χ2v) is 4.30. The number of rotatable bonds is 3. The number of amides is 1. The van der Waals surface area contributed by atoms with Gasteiger partial charge in [0.15, 0.2) is 0 Å². The number of likely N-dealkylation sites (tertiary alicyclic amines) is 1. The van der Waals surface area contributed by atoms with Crippen LogP contribution in [0.1, 0.15) is 26.7 Å². The molecule has 0 aromatic carbocycles. The van der Waals surface area contributed by atoms with Gasteiger partial charge in [0.25, 0.3) is 0 Å². The van der Waals surface area contributed by atoms with E-state index in [-0.39, 0.29) is 17.7 Å². The van der Waals surface area contributed by atoms with Crippen LogP contribution >= 0.6 is 0 Å². The molecule has 1 amide bonds. The molecular formula is C9H15NO3. The highest BCUT2D eigenvalue weighted by atomic mass is 16.4. The standard InChI is InChI=1S/C9H15NO3/c1-9(2)5-7(11)10(6-9)4-3-8(12)13/h3-6H2,1-2H3,(H,12,13). The van der Waals surface area contributed by atoms with E-state index in [4.69, 9.17) is 5.11 Å². The quantitative estimate of drug-likeness (QED) is 0.704. The SMILES string of the molecule is CC1(C)CC(=O)N(CCC(=O)O)C1. The first-order valence-electron chi connectivity index (χ1n) is 4.40. The third kappa shape index (κ3) is 2.72. The van der Waals surface area contributed by atoms with Crippen LogP contribution in [0.25, 0.3) is 0 Å². The van der Waals surface area contributed by atoms with Gasteiger partial charge >= 0.3 is 5.97 Å². The Morgan fingerprint density at radius 2 is 2.23 bits per heavy atom. The monoisotopic (exact) mass is 185 g/mol. The van der Waals surface area contributed by atoms with Gasteiger partial charge in [-0.15, -0.1) is 0 Å². The van der Waals surface area contributed by atoms with Crippen molar-refractivity contribution in [3.8, 4) is 0 Å². The molecule has 1 N–H and O–H groups in total. The third-order valence-electron chi connectivity index (χ3n) is 2.20. The Labute approximate surface area is 77.5 Å². The first-order valence-corrected chi connectivity index (χ1v) is 4.40. The van der Waals surface area contributed by atoms with Crippen molar-refractivity contribution < 1.29 is 14.7 Å². The van der Waals surface area contributed by atoms with Gasteiger partial charge in [-0.2, -0.15) is 0 Å². The number of hydrogen-bond acceptors (Lipinski definition) is 2. The molecule has 0 bridgehead atoms. The summed E-state index contributed by atoms with van der Waals surface area (Å²) in [5.74, 6) is -0.774. The van der Waals surface area contributed by atoms with Gasteiger partial charge in [-0.3, -0.25) is 9.59 Å². The van der Waals surface area contributed by atoms with Crippen LogP contribution in [-0.4, -0.2) is 35.0 Å². The third-order valence-corrected chi connectivity index (χ3v) is 2.20. The van der Waals surface area contributed by atoms with Gasteiger partial charge in [0.05, 0.1) is 6.42 Å². The summed E-state index contributed by atoms with van der Waals surface area (Å²) in [5, 5.41) is 8.45. The summed E-state index contributed by atoms with van der Waals surface area (Å²) >= 11 is 0. The highest BCUT2D eigenvalue weighted by Gasteiger charge is 2.35. The van der Waals surface area contributed by atoms with Gasteiger partial charge in [-0.1, -0.05) is 13.8 Å². The molecular weight excluding hydrogens is 170 g/mol. The normalized spacial score (nSPS) is 20.8. The fourth-order valence-electron chi connectivity index (χ4n) is 1.62. The number of aliphatic carboxylic acids is 1. The molecule has 0 aromatic rings. The maximum Gasteiger partial charge on any atom is 0.305 e. The van der Waals surface area contributed by atoms with Crippen LogP contribution in [-0.2, 0) is 9.59 Å². The molecule has 0 spiro atoms. The molecule has 1 aliphatic rings. The molecule has 0 aromatic heterocycles. The largest absolute Gasteiger partial charge is 0.481 e. The number of hydrogen-bond donors (Lipinski definition) is 1. The molecule has 0 atom stereocenters. The zero-order valence-electron chi connectivity index (χ0n) is 8.04. The number of carboxylic acids is 1. The Hall–Kier alpha value is -1.06. The molecule has 74 valence electrons. The summed E-state index contributed by atoms with van der Waals surface area (Å²) < 4.78 is 0. The maximum absolute atomic E-state index is 11.3. The molecule has 4 nitrogen and oxygen atoms in total. The Kier molecular flexibility index (Phi) is 2.59. The minimum atomic E-state index is -0.850.